The molecule has 16 heteroatoms. The van der Waals surface area contributed by atoms with E-state index in [1.54, 1.807) is 49.3 Å². The summed E-state index contributed by atoms with van der Waals surface area (Å²) in [5, 5.41) is 22.7. The van der Waals surface area contributed by atoms with E-state index in [9.17, 15) is 14.4 Å². The quantitative estimate of drug-likeness (QED) is 0.0148. The summed E-state index contributed by atoms with van der Waals surface area (Å²) in [7, 11) is 8.41. The van der Waals surface area contributed by atoms with Crippen LogP contribution in [-0.2, 0) is 41.5 Å². The van der Waals surface area contributed by atoms with E-state index in [0.29, 0.717) is 38.3 Å². The molecule has 0 radical (unpaired) electrons. The van der Waals surface area contributed by atoms with Gasteiger partial charge in [0.05, 0.1) is 18.5 Å². The van der Waals surface area contributed by atoms with Gasteiger partial charge in [-0.1, -0.05) is 73.8 Å². The molecule has 0 spiro atoms. The highest BCUT2D eigenvalue weighted by atomic mass is 32.1. The Labute approximate surface area is 419 Å². The van der Waals surface area contributed by atoms with E-state index in [0.717, 1.165) is 108 Å². The zero-order valence-corrected chi connectivity index (χ0v) is 43.0. The normalized spacial score (nSPS) is 11.3. The number of ether oxygens (including phenoxy) is 2. The summed E-state index contributed by atoms with van der Waals surface area (Å²) >= 11 is 3.35. The Morgan fingerprint density at radius 1 is 0.696 bits per heavy atom. The number of hydrogen-bond donors (Lipinski definition) is 8. The molecule has 2 aromatic heterocycles. The lowest BCUT2D eigenvalue weighted by Gasteiger charge is -2.16. The largest absolute Gasteiger partial charge is 0.471 e. The fourth-order valence-corrected chi connectivity index (χ4v) is 7.86. The van der Waals surface area contributed by atoms with Crippen LogP contribution in [0.15, 0.2) is 134 Å². The minimum atomic E-state index is -0.218. The minimum absolute atomic E-state index is 0.0715. The first-order valence-corrected chi connectivity index (χ1v) is 24.4. The average molecular weight is 987 g/mol. The Morgan fingerprint density at radius 3 is 1.51 bits per heavy atom. The van der Waals surface area contributed by atoms with Crippen LogP contribution in [0, 0.1) is 0 Å². The van der Waals surface area contributed by atoms with E-state index in [1.807, 2.05) is 49.8 Å². The molecule has 2 heterocycles. The van der Waals surface area contributed by atoms with Gasteiger partial charge < -0.3 is 57.6 Å². The van der Waals surface area contributed by atoms with Crippen LogP contribution in [0.4, 0.5) is 0 Å². The number of likely N-dealkylation sites (N-methyl/N-ethyl adjacent to an activating group) is 1. The maximum atomic E-state index is 12.4. The number of benzene rings is 2. The van der Waals surface area contributed by atoms with Crippen LogP contribution in [0.2, 0.25) is 0 Å². The lowest BCUT2D eigenvalue weighted by molar-refractivity contribution is -0.126. The number of methoxy groups -OCH3 is 2. The topological polar surface area (TPSA) is 211 Å². The zero-order valence-electron chi connectivity index (χ0n) is 41.4. The van der Waals surface area contributed by atoms with Gasteiger partial charge in [-0.15, -0.1) is 35.8 Å². The standard InChI is InChI=1S/C38H51N7O2S.C9H13NOS.C2H4O2.C2H6O.C2H4/c1-28(9-4-6-20-41-3)44-36(25-39)32-16-12-30(13-17-32)31-14-18-33(19-15-31)37(26-40)45-29(2)10-5-7-21-42-38(47)24-34(43-27-46)23-35-11-8-22-48-35;1-10-8(4-5-11)7-9-3-2-6-12-9;1-4-2-3;1-3-2;1-2/h8,11-19,22,25-27,34,41,44-45H,1-2,4-7,9-10,20-21,23-24,39-40H2,3H3,(H,42,47)(H,43,46);2-3,5-6,8,10H,4,7H2,1H3;2H,1H3;1-2H3;1-2H2/b36-25-,37-26-;;;;/t34-;8-;;;/m10.../s1. The third kappa shape index (κ3) is 29.3. The molecule has 0 fully saturated rings. The lowest BCUT2D eigenvalue weighted by Crippen LogP contribution is -2.36. The van der Waals surface area contributed by atoms with Crippen LogP contribution in [0.25, 0.3) is 22.5 Å². The van der Waals surface area contributed by atoms with Crippen molar-refractivity contribution >= 4 is 59.1 Å². The maximum Gasteiger partial charge on any atom is 0.292 e. The number of unbranched alkanes of at least 4 members (excludes halogenated alkanes) is 2. The summed E-state index contributed by atoms with van der Waals surface area (Å²) in [5.74, 6) is -0.0715. The van der Waals surface area contributed by atoms with E-state index in [-0.39, 0.29) is 18.4 Å². The molecule has 0 aliphatic heterocycles. The molecule has 0 bridgehead atoms. The number of amides is 2. The molecule has 378 valence electrons. The number of aldehydes is 1. The lowest BCUT2D eigenvalue weighted by atomic mass is 10.0. The first-order chi connectivity index (χ1) is 33.6. The fraction of sp³-hybridized carbons (Fsp3) is 0.358. The predicted octanol–water partition coefficient (Wildman–Crippen LogP) is 7.88. The molecular weight excluding hydrogens is 909 g/mol. The van der Waals surface area contributed by atoms with Crippen molar-refractivity contribution in [2.75, 3.05) is 48.5 Å². The molecule has 4 aromatic rings. The Kier molecular flexibility index (Phi) is 38.0. The first kappa shape index (κ1) is 62.7. The molecule has 4 rings (SSSR count). The molecule has 0 saturated carbocycles. The molecule has 10 N–H and O–H groups in total. The number of nitrogens with two attached hydrogens (primary N) is 2. The zero-order chi connectivity index (χ0) is 51.5. The fourth-order valence-electron chi connectivity index (χ4n) is 6.29. The van der Waals surface area contributed by atoms with Gasteiger partial charge in [-0.3, -0.25) is 14.4 Å². The van der Waals surface area contributed by atoms with E-state index >= 15 is 0 Å². The van der Waals surface area contributed by atoms with Crippen molar-refractivity contribution in [2.24, 2.45) is 11.5 Å². The van der Waals surface area contributed by atoms with Crippen molar-refractivity contribution in [3.05, 3.63) is 155 Å². The monoisotopic (exact) mass is 987 g/mol. The summed E-state index contributed by atoms with van der Waals surface area (Å²) in [6.45, 7) is 16.3. The number of carbonyl (C=O) groups excluding carboxylic acids is 4. The van der Waals surface area contributed by atoms with Gasteiger partial charge in [0, 0.05) is 85.7 Å². The van der Waals surface area contributed by atoms with Gasteiger partial charge in [0.15, 0.2) is 0 Å². The molecule has 69 heavy (non-hydrogen) atoms. The highest BCUT2D eigenvalue weighted by Gasteiger charge is 2.14. The van der Waals surface area contributed by atoms with E-state index < -0.39 is 0 Å². The number of rotatable bonds is 29. The Morgan fingerprint density at radius 2 is 1.14 bits per heavy atom. The van der Waals surface area contributed by atoms with Gasteiger partial charge in [0.25, 0.3) is 6.47 Å². The highest BCUT2D eigenvalue weighted by molar-refractivity contribution is 7.10. The van der Waals surface area contributed by atoms with Crippen molar-refractivity contribution in [3.63, 3.8) is 0 Å². The van der Waals surface area contributed by atoms with Crippen LogP contribution in [0.1, 0.15) is 72.2 Å². The summed E-state index contributed by atoms with van der Waals surface area (Å²) in [5.41, 5.74) is 19.5. The van der Waals surface area contributed by atoms with Gasteiger partial charge in [-0.2, -0.15) is 0 Å². The van der Waals surface area contributed by atoms with Crippen LogP contribution in [0.3, 0.4) is 0 Å². The van der Waals surface area contributed by atoms with Gasteiger partial charge in [0.1, 0.15) is 6.29 Å². The smallest absolute Gasteiger partial charge is 0.292 e. The van der Waals surface area contributed by atoms with Crippen molar-refractivity contribution in [2.45, 2.75) is 76.3 Å². The van der Waals surface area contributed by atoms with Crippen molar-refractivity contribution in [3.8, 4) is 11.1 Å². The molecule has 0 aliphatic rings. The highest BCUT2D eigenvalue weighted by Crippen LogP contribution is 2.25. The second kappa shape index (κ2) is 41.9. The summed E-state index contributed by atoms with van der Waals surface area (Å²) < 4.78 is 8.11. The van der Waals surface area contributed by atoms with Crippen LogP contribution in [0.5, 0.6) is 0 Å². The second-order valence-corrected chi connectivity index (χ2v) is 17.1. The van der Waals surface area contributed by atoms with Gasteiger partial charge in [-0.05, 0) is 111 Å². The molecule has 14 nitrogen and oxygen atoms in total. The number of allylic oxidation sites excluding steroid dienone is 2. The van der Waals surface area contributed by atoms with Crippen LogP contribution < -0.4 is 43.4 Å². The third-order valence-corrected chi connectivity index (χ3v) is 11.5. The molecule has 2 aromatic carbocycles. The maximum absolute atomic E-state index is 12.4. The minimum Gasteiger partial charge on any atom is -0.471 e. The SMILES string of the molecule is C=C.C=C(CCCCNC)N/C(=C\N)c1ccc(-c2ccc(/C(=C/N)NC(=C)CCCCNC(=O)C[C@@H](Cc3cccs3)NC=O)cc2)cc1.CN[C@@H](CC=O)Cc1cccs1.COC.COC=O. The number of nitrogens with one attached hydrogen (secondary N) is 6. The van der Waals surface area contributed by atoms with E-state index in [1.165, 1.54) is 12.0 Å². The van der Waals surface area contributed by atoms with Crippen molar-refractivity contribution in [1.82, 2.24) is 31.9 Å². The molecule has 2 amide bonds. The molecule has 0 unspecified atom stereocenters. The predicted molar refractivity (Wildman–Crippen MR) is 290 cm³/mol. The molecule has 0 aliphatic carbocycles. The Balaban J connectivity index is 0.00000182. The molecular formula is C53H78N8O6S2. The Hall–Kier alpha value is -6.30. The third-order valence-electron chi connectivity index (χ3n) is 9.74. The molecule has 2 atom stereocenters. The van der Waals surface area contributed by atoms with Gasteiger partial charge >= 0.3 is 0 Å². The van der Waals surface area contributed by atoms with Gasteiger partial charge in [0.2, 0.25) is 12.3 Å². The summed E-state index contributed by atoms with van der Waals surface area (Å²) in [4.78, 5) is 45.1. The van der Waals surface area contributed by atoms with Crippen LogP contribution in [-0.4, -0.2) is 85.7 Å². The van der Waals surface area contributed by atoms with E-state index in [4.69, 9.17) is 16.3 Å². The number of hydrogen-bond acceptors (Lipinski definition) is 14. The number of thiophene rings is 2. The number of carbonyl (C=O) groups is 4. The molecule has 0 saturated heterocycles. The summed E-state index contributed by atoms with van der Waals surface area (Å²) in [6, 6.07) is 24.7. The van der Waals surface area contributed by atoms with Crippen molar-refractivity contribution in [1.29, 1.82) is 0 Å². The first-order valence-electron chi connectivity index (χ1n) is 22.6. The second-order valence-electron chi connectivity index (χ2n) is 15.0. The summed E-state index contributed by atoms with van der Waals surface area (Å²) in [6.07, 6.45) is 12.7. The van der Waals surface area contributed by atoms with E-state index in [2.05, 4.69) is 116 Å². The average Bonchev–Trinajstić information content (AvgIpc) is 4.10. The van der Waals surface area contributed by atoms with Crippen LogP contribution >= 0.6 is 22.7 Å². The Bertz CT molecular complexity index is 2020. The van der Waals surface area contributed by atoms with Gasteiger partial charge in [-0.25, -0.2) is 0 Å². The van der Waals surface area contributed by atoms with Crippen molar-refractivity contribution < 1.29 is 28.7 Å².